The van der Waals surface area contributed by atoms with Gasteiger partial charge in [-0.25, -0.2) is 13.5 Å². The number of carbonyl (C=O) groups is 2. The lowest BCUT2D eigenvalue weighted by molar-refractivity contribution is 0.206. The highest BCUT2D eigenvalue weighted by Crippen LogP contribution is 2.35. The van der Waals surface area contributed by atoms with Crippen LogP contribution in [0.15, 0.2) is 36.4 Å². The van der Waals surface area contributed by atoms with Crippen LogP contribution in [0.4, 0.5) is 21.0 Å². The fraction of sp³-hybridized carbons (Fsp3) is 0. The second kappa shape index (κ2) is 5.15. The predicted octanol–water partition coefficient (Wildman–Crippen LogP) is 3.72. The van der Waals surface area contributed by atoms with Gasteiger partial charge >= 0.3 is 12.2 Å². The van der Waals surface area contributed by atoms with Crippen molar-refractivity contribution in [2.75, 3.05) is 9.24 Å². The molecular weight excluding hydrogens is 316 g/mol. The Hall–Kier alpha value is -2.28. The largest absolute Gasteiger partial charge is 0.465 e. The molecule has 2 rings (SSSR count). The summed E-state index contributed by atoms with van der Waals surface area (Å²) in [6, 6.07) is 10.3. The topological polar surface area (TPSA) is 89.9 Å². The summed E-state index contributed by atoms with van der Waals surface area (Å²) < 4.78 is 0.782. The summed E-state index contributed by atoms with van der Waals surface area (Å²) in [7, 11) is 0. The Morgan fingerprint density at radius 3 is 2.42 bits per heavy atom. The number of rotatable bonds is 2. The maximum absolute atomic E-state index is 11.0. The fourth-order valence-corrected chi connectivity index (χ4v) is 2.06. The maximum atomic E-state index is 11.0. The highest BCUT2D eigenvalue weighted by Gasteiger charge is 2.18. The Balaban J connectivity index is 2.69. The van der Waals surface area contributed by atoms with Crippen molar-refractivity contribution in [1.29, 1.82) is 0 Å². The van der Waals surface area contributed by atoms with Crippen molar-refractivity contribution < 1.29 is 19.8 Å². The minimum atomic E-state index is -1.26. The highest BCUT2D eigenvalue weighted by atomic mass is 79.9. The average Bonchev–Trinajstić information content (AvgIpc) is 2.37. The number of halogens is 1. The van der Waals surface area contributed by atoms with Crippen LogP contribution in [-0.2, 0) is 0 Å². The van der Waals surface area contributed by atoms with E-state index in [1.54, 1.807) is 18.2 Å². The normalized spacial score (nSPS) is 10.2. The summed E-state index contributed by atoms with van der Waals surface area (Å²) in [6.07, 6.45) is -2.51. The SMILES string of the molecule is O=C(O)Nc1c(N(Br)C(=O)O)ccc2ccccc12. The summed E-state index contributed by atoms with van der Waals surface area (Å²) in [5, 5.41) is 21.5. The van der Waals surface area contributed by atoms with Gasteiger partial charge in [-0.05, 0) is 11.5 Å². The maximum Gasteiger partial charge on any atom is 0.422 e. The average molecular weight is 325 g/mol. The number of nitrogens with one attached hydrogen (secondary N) is 1. The number of anilines is 2. The number of hydrogen-bond acceptors (Lipinski definition) is 2. The van der Waals surface area contributed by atoms with Crippen LogP contribution in [0.2, 0.25) is 0 Å². The molecule has 0 atom stereocenters. The zero-order valence-corrected chi connectivity index (χ0v) is 11.1. The van der Waals surface area contributed by atoms with Gasteiger partial charge in [0.05, 0.1) is 27.5 Å². The quantitative estimate of drug-likeness (QED) is 0.734. The molecule has 0 radical (unpaired) electrons. The monoisotopic (exact) mass is 324 g/mol. The van der Waals surface area contributed by atoms with Crippen molar-refractivity contribution in [2.45, 2.75) is 0 Å². The van der Waals surface area contributed by atoms with Crippen LogP contribution in [0.3, 0.4) is 0 Å². The first kappa shape index (κ1) is 13.2. The molecule has 0 saturated carbocycles. The highest BCUT2D eigenvalue weighted by molar-refractivity contribution is 9.10. The first-order valence-electron chi connectivity index (χ1n) is 5.21. The van der Waals surface area contributed by atoms with Gasteiger partial charge in [0.15, 0.2) is 0 Å². The molecule has 19 heavy (non-hydrogen) atoms. The van der Waals surface area contributed by atoms with Crippen molar-refractivity contribution >= 4 is 50.5 Å². The van der Waals surface area contributed by atoms with Crippen LogP contribution >= 0.6 is 16.1 Å². The van der Waals surface area contributed by atoms with E-state index in [1.165, 1.54) is 6.07 Å². The van der Waals surface area contributed by atoms with Crippen molar-refractivity contribution in [2.24, 2.45) is 0 Å². The third kappa shape index (κ3) is 2.60. The number of carboxylic acid groups (broad SMARTS) is 2. The van der Waals surface area contributed by atoms with Gasteiger partial charge in [0.2, 0.25) is 0 Å². The van der Waals surface area contributed by atoms with Gasteiger partial charge < -0.3 is 10.2 Å². The van der Waals surface area contributed by atoms with Gasteiger partial charge in [0.1, 0.15) is 0 Å². The zero-order valence-electron chi connectivity index (χ0n) is 9.50. The molecule has 0 spiro atoms. The summed E-state index contributed by atoms with van der Waals surface area (Å²) >= 11 is 2.88. The second-order valence-electron chi connectivity index (χ2n) is 3.67. The van der Waals surface area contributed by atoms with Gasteiger partial charge in [-0.15, -0.1) is 0 Å². The van der Waals surface area contributed by atoms with E-state index in [-0.39, 0.29) is 11.4 Å². The molecule has 98 valence electrons. The van der Waals surface area contributed by atoms with Crippen molar-refractivity contribution in [1.82, 2.24) is 0 Å². The van der Waals surface area contributed by atoms with E-state index >= 15 is 0 Å². The number of fused-ring (bicyclic) bond motifs is 1. The predicted molar refractivity (Wildman–Crippen MR) is 75.0 cm³/mol. The number of benzene rings is 2. The van der Waals surface area contributed by atoms with Crippen LogP contribution in [0.25, 0.3) is 10.8 Å². The molecule has 0 bridgehead atoms. The van der Waals surface area contributed by atoms with Crippen molar-refractivity contribution in [3.63, 3.8) is 0 Å². The van der Waals surface area contributed by atoms with E-state index in [9.17, 15) is 9.59 Å². The lowest BCUT2D eigenvalue weighted by Gasteiger charge is -2.17. The Morgan fingerprint density at radius 2 is 1.79 bits per heavy atom. The molecule has 0 aromatic heterocycles. The first-order chi connectivity index (χ1) is 9.00. The number of hydrogen-bond donors (Lipinski definition) is 3. The molecule has 2 aromatic carbocycles. The van der Waals surface area contributed by atoms with Crippen LogP contribution in [-0.4, -0.2) is 22.4 Å². The molecule has 0 unspecified atom stereocenters. The fourth-order valence-electron chi connectivity index (χ4n) is 1.76. The van der Waals surface area contributed by atoms with E-state index in [0.717, 1.165) is 9.31 Å². The third-order valence-electron chi connectivity index (χ3n) is 2.52. The van der Waals surface area contributed by atoms with E-state index in [4.69, 9.17) is 10.2 Å². The molecule has 2 aromatic rings. The van der Waals surface area contributed by atoms with Gasteiger partial charge in [0.25, 0.3) is 0 Å². The Kier molecular flexibility index (Phi) is 3.57. The smallest absolute Gasteiger partial charge is 0.422 e. The minimum absolute atomic E-state index is 0.202. The van der Waals surface area contributed by atoms with E-state index in [0.29, 0.717) is 5.39 Å². The summed E-state index contributed by atoms with van der Waals surface area (Å²) in [6.45, 7) is 0. The van der Waals surface area contributed by atoms with Gasteiger partial charge in [-0.1, -0.05) is 30.3 Å². The molecule has 0 heterocycles. The summed E-state index contributed by atoms with van der Waals surface area (Å²) in [5.74, 6) is 0. The molecule has 0 aliphatic carbocycles. The van der Waals surface area contributed by atoms with Crippen LogP contribution in [0, 0.1) is 0 Å². The van der Waals surface area contributed by atoms with Crippen LogP contribution in [0.5, 0.6) is 0 Å². The lowest BCUT2D eigenvalue weighted by Crippen LogP contribution is -2.19. The Morgan fingerprint density at radius 1 is 1.11 bits per heavy atom. The first-order valence-corrected chi connectivity index (χ1v) is 5.92. The zero-order chi connectivity index (χ0) is 14.0. The second-order valence-corrected chi connectivity index (χ2v) is 4.38. The minimum Gasteiger partial charge on any atom is -0.465 e. The lowest BCUT2D eigenvalue weighted by atomic mass is 10.1. The molecule has 2 amide bonds. The summed E-state index contributed by atoms with van der Waals surface area (Å²) in [4.78, 5) is 21.8. The van der Waals surface area contributed by atoms with Gasteiger partial charge in [-0.2, -0.15) is 0 Å². The molecular formula is C12H9BrN2O4. The van der Waals surface area contributed by atoms with E-state index in [2.05, 4.69) is 21.5 Å². The van der Waals surface area contributed by atoms with Crippen LogP contribution in [0.1, 0.15) is 0 Å². The third-order valence-corrected chi connectivity index (χ3v) is 3.20. The summed E-state index contributed by atoms with van der Waals surface area (Å²) in [5.41, 5.74) is 0.415. The molecule has 7 heteroatoms. The van der Waals surface area contributed by atoms with E-state index < -0.39 is 12.2 Å². The molecule has 0 fully saturated rings. The molecule has 3 N–H and O–H groups in total. The van der Waals surface area contributed by atoms with E-state index in [1.807, 2.05) is 12.1 Å². The van der Waals surface area contributed by atoms with Crippen LogP contribution < -0.4 is 9.24 Å². The van der Waals surface area contributed by atoms with Crippen molar-refractivity contribution in [3.8, 4) is 0 Å². The van der Waals surface area contributed by atoms with Gasteiger partial charge in [-0.3, -0.25) is 5.32 Å². The number of nitrogens with zero attached hydrogens (tertiary/aromatic N) is 1. The Bertz CT molecular complexity index is 659. The number of amides is 2. The van der Waals surface area contributed by atoms with Crippen molar-refractivity contribution in [3.05, 3.63) is 36.4 Å². The molecule has 0 aliphatic rings. The van der Waals surface area contributed by atoms with Gasteiger partial charge in [0, 0.05) is 5.39 Å². The molecule has 6 nitrogen and oxygen atoms in total. The molecule has 0 saturated heterocycles. The molecule has 0 aliphatic heterocycles. The standard InChI is InChI=1S/C12H9BrN2O4/c13-15(12(18)19)9-6-5-7-3-1-2-4-8(7)10(9)14-11(16)17/h1-6,14H,(H,16,17)(H,18,19). The Labute approximate surface area is 116 Å².